The third-order valence-electron chi connectivity index (χ3n) is 3.86. The molecule has 0 atom stereocenters. The number of benzene rings is 2. The number of hydrogen-bond donors (Lipinski definition) is 2. The second kappa shape index (κ2) is 5.94. The molecule has 0 aliphatic carbocycles. The predicted octanol–water partition coefficient (Wildman–Crippen LogP) is 4.84. The van der Waals surface area contributed by atoms with Gasteiger partial charge in [0.15, 0.2) is 10.7 Å². The third-order valence-corrected chi connectivity index (χ3v) is 4.91. The molecular formula is C17H16BrN3OS. The molecule has 3 N–H and O–H groups in total. The number of nitrogens with zero attached hydrogens (tertiary/aromatic N) is 1. The van der Waals surface area contributed by atoms with Crippen LogP contribution in [0.3, 0.4) is 0 Å². The first kappa shape index (κ1) is 16.0. The van der Waals surface area contributed by atoms with Gasteiger partial charge in [-0.05, 0) is 89.9 Å². The van der Waals surface area contributed by atoms with Crippen molar-refractivity contribution in [1.82, 2.24) is 4.98 Å². The normalized spacial score (nSPS) is 11.0. The lowest BCUT2D eigenvalue weighted by atomic mass is 10.1. The molecule has 2 aromatic carbocycles. The number of halogens is 1. The van der Waals surface area contributed by atoms with Gasteiger partial charge < -0.3 is 15.5 Å². The van der Waals surface area contributed by atoms with Gasteiger partial charge in [0.1, 0.15) is 5.52 Å². The summed E-state index contributed by atoms with van der Waals surface area (Å²) in [4.78, 5) is 4.61. The predicted molar refractivity (Wildman–Crippen MR) is 102 cm³/mol. The topological polar surface area (TPSA) is 64.1 Å². The highest BCUT2D eigenvalue weighted by Crippen LogP contribution is 2.34. The minimum absolute atomic E-state index is 0.248. The molecule has 0 fully saturated rings. The molecule has 0 amide bonds. The highest BCUT2D eigenvalue weighted by atomic mass is 79.9. The molecule has 3 aromatic rings. The van der Waals surface area contributed by atoms with Crippen LogP contribution in [0.5, 0.6) is 0 Å². The first-order valence-corrected chi connectivity index (χ1v) is 8.30. The molecule has 0 bridgehead atoms. The molecule has 0 aliphatic rings. The van der Waals surface area contributed by atoms with Gasteiger partial charge in [0.2, 0.25) is 5.89 Å². The summed E-state index contributed by atoms with van der Waals surface area (Å²) in [6.07, 6.45) is 0. The van der Waals surface area contributed by atoms with Crippen molar-refractivity contribution in [3.8, 4) is 11.5 Å². The minimum Gasteiger partial charge on any atom is -0.435 e. The first-order chi connectivity index (χ1) is 10.9. The van der Waals surface area contributed by atoms with Crippen LogP contribution in [-0.4, -0.2) is 10.1 Å². The first-order valence-electron chi connectivity index (χ1n) is 7.10. The summed E-state index contributed by atoms with van der Waals surface area (Å²) < 4.78 is 6.92. The van der Waals surface area contributed by atoms with E-state index in [1.54, 1.807) is 0 Å². The lowest BCUT2D eigenvalue weighted by molar-refractivity contribution is 0.617. The Hall–Kier alpha value is -1.92. The van der Waals surface area contributed by atoms with Gasteiger partial charge in [-0.15, -0.1) is 0 Å². The summed E-state index contributed by atoms with van der Waals surface area (Å²) >= 11 is 8.48. The Morgan fingerprint density at radius 3 is 2.61 bits per heavy atom. The second-order valence-electron chi connectivity index (χ2n) is 5.52. The smallest absolute Gasteiger partial charge is 0.227 e. The number of aromatic nitrogens is 1. The van der Waals surface area contributed by atoms with Crippen molar-refractivity contribution in [2.45, 2.75) is 20.8 Å². The number of aryl methyl sites for hydroxylation is 2. The number of nitrogens with one attached hydrogen (secondary N) is 1. The number of oxazole rings is 1. The molecule has 0 unspecified atom stereocenters. The van der Waals surface area contributed by atoms with Gasteiger partial charge in [-0.2, -0.15) is 0 Å². The molecule has 0 saturated carbocycles. The fraction of sp³-hybridized carbons (Fsp3) is 0.176. The molecule has 0 radical (unpaired) electrons. The molecular weight excluding hydrogens is 374 g/mol. The molecule has 1 heterocycles. The fourth-order valence-electron chi connectivity index (χ4n) is 2.44. The molecule has 118 valence electrons. The van der Waals surface area contributed by atoms with E-state index in [4.69, 9.17) is 22.4 Å². The SMILES string of the molecule is Cc1cc(-c2nc3cc(C)c(C)c(Br)c3o2)ccc1NC(N)=S. The Morgan fingerprint density at radius 1 is 1.22 bits per heavy atom. The van der Waals surface area contributed by atoms with E-state index in [2.05, 4.69) is 40.1 Å². The van der Waals surface area contributed by atoms with Crippen LogP contribution in [0.1, 0.15) is 16.7 Å². The maximum absolute atomic E-state index is 5.97. The van der Waals surface area contributed by atoms with Crippen molar-refractivity contribution in [2.24, 2.45) is 5.73 Å². The van der Waals surface area contributed by atoms with E-state index < -0.39 is 0 Å². The Labute approximate surface area is 148 Å². The van der Waals surface area contributed by atoms with Gasteiger partial charge in [-0.1, -0.05) is 0 Å². The van der Waals surface area contributed by atoms with Gasteiger partial charge in [0.25, 0.3) is 0 Å². The number of fused-ring (bicyclic) bond motifs is 1. The van der Waals surface area contributed by atoms with Crippen molar-refractivity contribution >= 4 is 50.0 Å². The number of hydrogen-bond acceptors (Lipinski definition) is 3. The van der Waals surface area contributed by atoms with Crippen LogP contribution in [0.25, 0.3) is 22.6 Å². The summed E-state index contributed by atoms with van der Waals surface area (Å²) in [6.45, 7) is 6.10. The highest BCUT2D eigenvalue weighted by Gasteiger charge is 2.14. The average molecular weight is 390 g/mol. The lowest BCUT2D eigenvalue weighted by Gasteiger charge is -2.08. The molecule has 0 aliphatic heterocycles. The van der Waals surface area contributed by atoms with Gasteiger partial charge in [0.05, 0.1) is 4.47 Å². The number of thiocarbonyl (C=S) groups is 1. The lowest BCUT2D eigenvalue weighted by Crippen LogP contribution is -2.19. The molecule has 3 rings (SSSR count). The summed E-state index contributed by atoms with van der Waals surface area (Å²) in [6, 6.07) is 7.90. The van der Waals surface area contributed by atoms with E-state index in [0.29, 0.717) is 5.89 Å². The summed E-state index contributed by atoms with van der Waals surface area (Å²) in [5.41, 5.74) is 12.3. The van der Waals surface area contributed by atoms with Gasteiger partial charge >= 0.3 is 0 Å². The standard InChI is InChI=1S/C17H16BrN3OS/c1-8-7-13-15(14(18)10(8)3)22-16(20-13)11-4-5-12(9(2)6-11)21-17(19)23/h4-7H,1-3H3,(H3,19,21,23). The Bertz CT molecular complexity index is 933. The van der Waals surface area contributed by atoms with Crippen molar-refractivity contribution < 1.29 is 4.42 Å². The van der Waals surface area contributed by atoms with E-state index in [1.165, 1.54) is 5.56 Å². The zero-order chi connectivity index (χ0) is 16.7. The second-order valence-corrected chi connectivity index (χ2v) is 6.75. The Kier molecular flexibility index (Phi) is 4.12. The highest BCUT2D eigenvalue weighted by molar-refractivity contribution is 9.10. The van der Waals surface area contributed by atoms with Crippen molar-refractivity contribution in [3.05, 3.63) is 45.4 Å². The molecule has 4 nitrogen and oxygen atoms in total. The molecule has 0 spiro atoms. The summed E-state index contributed by atoms with van der Waals surface area (Å²) in [5, 5.41) is 3.20. The largest absolute Gasteiger partial charge is 0.435 e. The number of nitrogens with two attached hydrogens (primary N) is 1. The van der Waals surface area contributed by atoms with Gasteiger partial charge in [-0.25, -0.2) is 4.98 Å². The number of rotatable bonds is 2. The molecule has 23 heavy (non-hydrogen) atoms. The number of anilines is 1. The van der Waals surface area contributed by atoms with Crippen molar-refractivity contribution in [2.75, 3.05) is 5.32 Å². The monoisotopic (exact) mass is 389 g/mol. The fourth-order valence-corrected chi connectivity index (χ4v) is 3.14. The van der Waals surface area contributed by atoms with Crippen LogP contribution in [0.2, 0.25) is 0 Å². The maximum Gasteiger partial charge on any atom is 0.227 e. The van der Waals surface area contributed by atoms with E-state index in [9.17, 15) is 0 Å². The quantitative estimate of drug-likeness (QED) is 0.613. The van der Waals surface area contributed by atoms with Crippen LogP contribution in [0.4, 0.5) is 5.69 Å². The van der Waals surface area contributed by atoms with Crippen LogP contribution >= 0.6 is 28.1 Å². The van der Waals surface area contributed by atoms with Crippen LogP contribution in [0, 0.1) is 20.8 Å². The van der Waals surface area contributed by atoms with Crippen LogP contribution < -0.4 is 11.1 Å². The van der Waals surface area contributed by atoms with Crippen molar-refractivity contribution in [1.29, 1.82) is 0 Å². The summed E-state index contributed by atoms with van der Waals surface area (Å²) in [5.74, 6) is 0.593. The van der Waals surface area contributed by atoms with E-state index in [0.717, 1.165) is 38.0 Å². The Morgan fingerprint density at radius 2 is 1.96 bits per heavy atom. The van der Waals surface area contributed by atoms with Crippen LogP contribution in [0.15, 0.2) is 33.2 Å². The zero-order valence-corrected chi connectivity index (χ0v) is 15.4. The van der Waals surface area contributed by atoms with Crippen LogP contribution in [-0.2, 0) is 0 Å². The molecule has 6 heteroatoms. The van der Waals surface area contributed by atoms with Crippen molar-refractivity contribution in [3.63, 3.8) is 0 Å². The Balaban J connectivity index is 2.08. The summed E-state index contributed by atoms with van der Waals surface area (Å²) in [7, 11) is 0. The zero-order valence-electron chi connectivity index (χ0n) is 13.0. The van der Waals surface area contributed by atoms with E-state index in [1.807, 2.05) is 31.2 Å². The average Bonchev–Trinajstić information content (AvgIpc) is 2.90. The van der Waals surface area contributed by atoms with E-state index in [-0.39, 0.29) is 5.11 Å². The molecule has 0 saturated heterocycles. The molecule has 1 aromatic heterocycles. The third kappa shape index (κ3) is 2.96. The minimum atomic E-state index is 0.248. The van der Waals surface area contributed by atoms with E-state index >= 15 is 0 Å². The van der Waals surface area contributed by atoms with Gasteiger partial charge in [0, 0.05) is 11.3 Å². The van der Waals surface area contributed by atoms with Gasteiger partial charge in [-0.3, -0.25) is 0 Å². The maximum atomic E-state index is 5.97.